The first-order chi connectivity index (χ1) is 8.08. The van der Waals surface area contributed by atoms with Gasteiger partial charge in [-0.1, -0.05) is 11.6 Å². The lowest BCUT2D eigenvalue weighted by molar-refractivity contribution is 0.310. The average molecular weight is 258 g/mol. The molecule has 1 unspecified atom stereocenters. The van der Waals surface area contributed by atoms with Gasteiger partial charge in [0.15, 0.2) is 11.5 Å². The van der Waals surface area contributed by atoms with E-state index in [2.05, 4.69) is 0 Å². The van der Waals surface area contributed by atoms with E-state index in [0.717, 1.165) is 18.4 Å². The molecule has 1 rings (SSSR count). The van der Waals surface area contributed by atoms with Gasteiger partial charge < -0.3 is 15.2 Å². The maximum atomic E-state index is 6.15. The summed E-state index contributed by atoms with van der Waals surface area (Å²) >= 11 is 6.15. The largest absolute Gasteiger partial charge is 0.491 e. The molecule has 0 aromatic heterocycles. The molecule has 0 radical (unpaired) electrons. The van der Waals surface area contributed by atoms with Crippen LogP contribution in [0.5, 0.6) is 11.5 Å². The topological polar surface area (TPSA) is 44.5 Å². The number of hydrogen-bond donors (Lipinski definition) is 1. The van der Waals surface area contributed by atoms with E-state index in [0.29, 0.717) is 23.1 Å². The Labute approximate surface area is 108 Å². The summed E-state index contributed by atoms with van der Waals surface area (Å²) in [5, 5.41) is 0.582. The second-order valence-corrected chi connectivity index (χ2v) is 4.47. The molecule has 3 nitrogen and oxygen atoms in total. The van der Waals surface area contributed by atoms with Gasteiger partial charge in [0.2, 0.25) is 0 Å². The zero-order valence-corrected chi connectivity index (χ0v) is 11.4. The van der Waals surface area contributed by atoms with Crippen molar-refractivity contribution in [2.24, 2.45) is 5.73 Å². The van der Waals surface area contributed by atoms with E-state index in [-0.39, 0.29) is 6.04 Å². The monoisotopic (exact) mass is 257 g/mol. The maximum absolute atomic E-state index is 6.15. The highest BCUT2D eigenvalue weighted by molar-refractivity contribution is 6.32. The highest BCUT2D eigenvalue weighted by Gasteiger charge is 2.11. The van der Waals surface area contributed by atoms with Crippen molar-refractivity contribution in [1.29, 1.82) is 0 Å². The van der Waals surface area contributed by atoms with Crippen LogP contribution in [0.1, 0.15) is 25.8 Å². The number of aryl methyl sites for hydroxylation is 1. The van der Waals surface area contributed by atoms with E-state index in [1.165, 1.54) is 0 Å². The molecule has 1 atom stereocenters. The molecule has 17 heavy (non-hydrogen) atoms. The standard InChI is InChI=1S/C13H20ClNO2/c1-4-17-12-8-10(6-5-9(2)15)7-11(14)13(12)16-3/h7-9H,4-6,15H2,1-3H3. The third-order valence-corrected chi connectivity index (χ3v) is 2.74. The summed E-state index contributed by atoms with van der Waals surface area (Å²) in [7, 11) is 1.59. The van der Waals surface area contributed by atoms with Crippen molar-refractivity contribution in [3.63, 3.8) is 0 Å². The van der Waals surface area contributed by atoms with Crippen molar-refractivity contribution < 1.29 is 9.47 Å². The van der Waals surface area contributed by atoms with Gasteiger partial charge in [-0.3, -0.25) is 0 Å². The predicted octanol–water partition coefficient (Wildman–Crippen LogP) is 3.03. The molecule has 1 aromatic rings. The summed E-state index contributed by atoms with van der Waals surface area (Å²) in [6.07, 6.45) is 1.82. The van der Waals surface area contributed by atoms with Crippen molar-refractivity contribution in [3.8, 4) is 11.5 Å². The van der Waals surface area contributed by atoms with Gasteiger partial charge in [0.05, 0.1) is 18.7 Å². The summed E-state index contributed by atoms with van der Waals surface area (Å²) in [5.41, 5.74) is 6.86. The third-order valence-electron chi connectivity index (χ3n) is 2.46. The number of hydrogen-bond acceptors (Lipinski definition) is 3. The average Bonchev–Trinajstić information content (AvgIpc) is 2.26. The van der Waals surface area contributed by atoms with E-state index in [4.69, 9.17) is 26.8 Å². The molecule has 0 aliphatic heterocycles. The van der Waals surface area contributed by atoms with Crippen LogP contribution in [0.25, 0.3) is 0 Å². The Kier molecular flexibility index (Phi) is 5.59. The number of nitrogens with two attached hydrogens (primary N) is 1. The van der Waals surface area contributed by atoms with Crippen molar-refractivity contribution >= 4 is 11.6 Å². The summed E-state index contributed by atoms with van der Waals surface area (Å²) in [6, 6.07) is 4.06. The van der Waals surface area contributed by atoms with Gasteiger partial charge >= 0.3 is 0 Å². The van der Waals surface area contributed by atoms with Crippen molar-refractivity contribution in [3.05, 3.63) is 22.7 Å². The molecule has 0 saturated heterocycles. The molecule has 1 aromatic carbocycles. The lowest BCUT2D eigenvalue weighted by atomic mass is 10.1. The van der Waals surface area contributed by atoms with Crippen LogP contribution in [0, 0.1) is 0 Å². The van der Waals surface area contributed by atoms with Crippen LogP contribution in [-0.4, -0.2) is 19.8 Å². The van der Waals surface area contributed by atoms with Crippen LogP contribution in [0.3, 0.4) is 0 Å². The zero-order valence-electron chi connectivity index (χ0n) is 10.6. The van der Waals surface area contributed by atoms with Gasteiger partial charge in [-0.05, 0) is 44.4 Å². The number of ether oxygens (including phenoxy) is 2. The molecule has 0 spiro atoms. The van der Waals surface area contributed by atoms with Gasteiger partial charge in [0, 0.05) is 6.04 Å². The van der Waals surface area contributed by atoms with Crippen molar-refractivity contribution in [2.45, 2.75) is 32.7 Å². The molecule has 0 bridgehead atoms. The molecular formula is C13H20ClNO2. The van der Waals surface area contributed by atoms with Gasteiger partial charge in [-0.15, -0.1) is 0 Å². The molecule has 4 heteroatoms. The lowest BCUT2D eigenvalue weighted by Gasteiger charge is -2.13. The van der Waals surface area contributed by atoms with Crippen LogP contribution >= 0.6 is 11.6 Å². The van der Waals surface area contributed by atoms with Crippen LogP contribution < -0.4 is 15.2 Å². The Balaban J connectivity index is 2.93. The summed E-state index contributed by atoms with van der Waals surface area (Å²) in [4.78, 5) is 0. The highest BCUT2D eigenvalue weighted by atomic mass is 35.5. The second-order valence-electron chi connectivity index (χ2n) is 4.06. The Hall–Kier alpha value is -0.930. The van der Waals surface area contributed by atoms with Gasteiger partial charge in [-0.25, -0.2) is 0 Å². The highest BCUT2D eigenvalue weighted by Crippen LogP contribution is 2.36. The Morgan fingerprint density at radius 1 is 1.41 bits per heavy atom. The summed E-state index contributed by atoms with van der Waals surface area (Å²) in [5.74, 6) is 1.29. The minimum Gasteiger partial charge on any atom is -0.491 e. The number of halogens is 1. The number of benzene rings is 1. The van der Waals surface area contributed by atoms with E-state index in [1.807, 2.05) is 26.0 Å². The normalized spacial score (nSPS) is 12.3. The first-order valence-electron chi connectivity index (χ1n) is 5.83. The molecule has 96 valence electrons. The van der Waals surface area contributed by atoms with Crippen LogP contribution in [0.4, 0.5) is 0 Å². The molecule has 2 N–H and O–H groups in total. The van der Waals surface area contributed by atoms with Crippen LogP contribution in [0.15, 0.2) is 12.1 Å². The SMILES string of the molecule is CCOc1cc(CCC(C)N)cc(Cl)c1OC. The van der Waals surface area contributed by atoms with Gasteiger partial charge in [0.1, 0.15) is 0 Å². The minimum absolute atomic E-state index is 0.187. The Morgan fingerprint density at radius 3 is 2.65 bits per heavy atom. The van der Waals surface area contributed by atoms with Crippen LogP contribution in [-0.2, 0) is 6.42 Å². The van der Waals surface area contributed by atoms with E-state index in [9.17, 15) is 0 Å². The number of rotatable bonds is 6. The lowest BCUT2D eigenvalue weighted by Crippen LogP contribution is -2.15. The van der Waals surface area contributed by atoms with Crippen molar-refractivity contribution in [1.82, 2.24) is 0 Å². The van der Waals surface area contributed by atoms with Crippen molar-refractivity contribution in [2.75, 3.05) is 13.7 Å². The molecular weight excluding hydrogens is 238 g/mol. The quantitative estimate of drug-likeness (QED) is 0.852. The Bertz CT molecular complexity index is 367. The van der Waals surface area contributed by atoms with Gasteiger partial charge in [0.25, 0.3) is 0 Å². The fourth-order valence-corrected chi connectivity index (χ4v) is 1.93. The zero-order chi connectivity index (χ0) is 12.8. The fraction of sp³-hybridized carbons (Fsp3) is 0.538. The fourth-order valence-electron chi connectivity index (χ4n) is 1.62. The maximum Gasteiger partial charge on any atom is 0.179 e. The van der Waals surface area contributed by atoms with Crippen LogP contribution in [0.2, 0.25) is 5.02 Å². The minimum atomic E-state index is 0.187. The molecule has 0 fully saturated rings. The van der Waals surface area contributed by atoms with E-state index in [1.54, 1.807) is 7.11 Å². The molecule has 0 aliphatic rings. The van der Waals surface area contributed by atoms with E-state index >= 15 is 0 Å². The molecule has 0 heterocycles. The van der Waals surface area contributed by atoms with Gasteiger partial charge in [-0.2, -0.15) is 0 Å². The first-order valence-corrected chi connectivity index (χ1v) is 6.21. The van der Waals surface area contributed by atoms with E-state index < -0.39 is 0 Å². The second kappa shape index (κ2) is 6.72. The summed E-state index contributed by atoms with van der Waals surface area (Å²) < 4.78 is 10.7. The molecule has 0 aliphatic carbocycles. The number of methoxy groups -OCH3 is 1. The predicted molar refractivity (Wildman–Crippen MR) is 71.1 cm³/mol. The Morgan fingerprint density at radius 2 is 2.12 bits per heavy atom. The third kappa shape index (κ3) is 4.10. The summed E-state index contributed by atoms with van der Waals surface area (Å²) in [6.45, 7) is 4.51. The first kappa shape index (κ1) is 14.1. The molecule has 0 amide bonds. The smallest absolute Gasteiger partial charge is 0.179 e. The molecule has 0 saturated carbocycles.